The Labute approximate surface area is 226 Å². The number of hydrogen-bond donors (Lipinski definition) is 1. The number of nitrogens with zero attached hydrogens (tertiary/aromatic N) is 5. The topological polar surface area (TPSA) is 99.1 Å². The first-order valence-corrected chi connectivity index (χ1v) is 14.5. The number of aromatic nitrogens is 2. The van der Waals surface area contributed by atoms with E-state index in [0.29, 0.717) is 40.9 Å². The van der Waals surface area contributed by atoms with Gasteiger partial charge in [0.1, 0.15) is 11.6 Å². The molecule has 0 aliphatic carbocycles. The Kier molecular flexibility index (Phi) is 6.74. The highest BCUT2D eigenvalue weighted by Gasteiger charge is 2.39. The lowest BCUT2D eigenvalue weighted by Gasteiger charge is -2.46. The van der Waals surface area contributed by atoms with Crippen molar-refractivity contribution in [3.63, 3.8) is 0 Å². The predicted molar refractivity (Wildman–Crippen MR) is 149 cm³/mol. The minimum Gasteiger partial charge on any atom is -0.497 e. The van der Waals surface area contributed by atoms with Crippen LogP contribution in [0.15, 0.2) is 60.9 Å². The van der Waals surface area contributed by atoms with Gasteiger partial charge in [-0.1, -0.05) is 6.07 Å². The van der Waals surface area contributed by atoms with Crippen molar-refractivity contribution in [2.75, 3.05) is 49.6 Å². The summed E-state index contributed by atoms with van der Waals surface area (Å²) in [7, 11) is -2.84. The second-order valence-electron chi connectivity index (χ2n) is 10.1. The Balaban J connectivity index is 1.22. The van der Waals surface area contributed by atoms with Crippen LogP contribution >= 0.6 is 0 Å². The number of fused-ring (bicyclic) bond motifs is 2. The van der Waals surface area contributed by atoms with Crippen LogP contribution in [0.25, 0.3) is 21.8 Å². The summed E-state index contributed by atoms with van der Waals surface area (Å²) in [5.41, 5.74) is 2.84. The lowest BCUT2D eigenvalue weighted by atomic mass is 10.0. The van der Waals surface area contributed by atoms with Crippen LogP contribution in [0.2, 0.25) is 0 Å². The monoisotopic (exact) mass is 551 g/mol. The van der Waals surface area contributed by atoms with Gasteiger partial charge >= 0.3 is 0 Å². The van der Waals surface area contributed by atoms with Crippen LogP contribution in [0.3, 0.4) is 0 Å². The lowest BCUT2D eigenvalue weighted by Crippen LogP contribution is -2.60. The first-order chi connectivity index (χ1) is 18.8. The largest absolute Gasteiger partial charge is 0.497 e. The zero-order chi connectivity index (χ0) is 27.1. The van der Waals surface area contributed by atoms with E-state index >= 15 is 0 Å². The summed E-state index contributed by atoms with van der Waals surface area (Å²) in [4.78, 5) is 15.0. The molecule has 2 aromatic heterocycles. The van der Waals surface area contributed by atoms with Crippen LogP contribution < -0.4 is 14.5 Å². The van der Waals surface area contributed by atoms with Gasteiger partial charge in [0.25, 0.3) is 10.1 Å². The van der Waals surface area contributed by atoms with Gasteiger partial charge in [-0.3, -0.25) is 19.4 Å². The number of halogens is 1. The van der Waals surface area contributed by atoms with Gasteiger partial charge in [-0.2, -0.15) is 8.42 Å². The number of hydrogen-bond acceptors (Lipinski definition) is 8. The van der Waals surface area contributed by atoms with E-state index < -0.39 is 15.5 Å². The molecule has 2 aromatic carbocycles. The van der Waals surface area contributed by atoms with E-state index in [2.05, 4.69) is 19.8 Å². The smallest absolute Gasteiger partial charge is 0.287 e. The third-order valence-corrected chi connectivity index (χ3v) is 9.02. The van der Waals surface area contributed by atoms with E-state index in [0.717, 1.165) is 37.0 Å². The van der Waals surface area contributed by atoms with Crippen molar-refractivity contribution >= 4 is 43.3 Å². The van der Waals surface area contributed by atoms with Crippen molar-refractivity contribution < 1.29 is 22.1 Å². The van der Waals surface area contributed by atoms with Crippen molar-refractivity contribution in [1.29, 1.82) is 0 Å². The highest BCUT2D eigenvalue weighted by molar-refractivity contribution is 7.86. The second kappa shape index (κ2) is 10.2. The lowest BCUT2D eigenvalue weighted by molar-refractivity contribution is 0.151. The zero-order valence-electron chi connectivity index (χ0n) is 21.6. The Morgan fingerprint density at radius 2 is 1.69 bits per heavy atom. The summed E-state index contributed by atoms with van der Waals surface area (Å²) in [6, 6.07) is 14.3. The molecule has 4 heterocycles. The normalized spacial score (nSPS) is 19.6. The fourth-order valence-electron chi connectivity index (χ4n) is 5.97. The predicted octanol–water partition coefficient (Wildman–Crippen LogP) is 3.94. The van der Waals surface area contributed by atoms with Gasteiger partial charge in [0.2, 0.25) is 0 Å². The molecule has 204 valence electrons. The number of piperazine rings is 1. The van der Waals surface area contributed by atoms with Crippen LogP contribution in [0.4, 0.5) is 15.8 Å². The second-order valence-corrected chi connectivity index (χ2v) is 11.6. The van der Waals surface area contributed by atoms with Crippen molar-refractivity contribution in [2.24, 2.45) is 0 Å². The number of benzene rings is 2. The summed E-state index contributed by atoms with van der Waals surface area (Å²) in [5, 5.41) is 0.203. The molecule has 39 heavy (non-hydrogen) atoms. The number of ether oxygens (including phenoxy) is 1. The summed E-state index contributed by atoms with van der Waals surface area (Å²) in [6.07, 6.45) is 4.97. The molecule has 0 spiro atoms. The van der Waals surface area contributed by atoms with Crippen LogP contribution in [0.5, 0.6) is 5.75 Å². The van der Waals surface area contributed by atoms with E-state index in [1.165, 1.54) is 6.07 Å². The van der Waals surface area contributed by atoms with Crippen molar-refractivity contribution in [1.82, 2.24) is 14.9 Å². The fraction of sp³-hybridized carbons (Fsp3) is 0.357. The summed E-state index contributed by atoms with van der Waals surface area (Å²) in [6.45, 7) is 2.71. The molecule has 2 fully saturated rings. The summed E-state index contributed by atoms with van der Waals surface area (Å²) in [5.74, 6) is 0.307. The molecule has 11 heteroatoms. The number of anilines is 2. The van der Waals surface area contributed by atoms with Crippen molar-refractivity contribution in [2.45, 2.75) is 24.3 Å². The maximum absolute atomic E-state index is 14.3. The average Bonchev–Trinajstić information content (AvgIpc) is 2.96. The van der Waals surface area contributed by atoms with Crippen molar-refractivity contribution in [3.8, 4) is 5.75 Å². The van der Waals surface area contributed by atoms with Gasteiger partial charge in [-0.05, 0) is 49.2 Å². The Bertz CT molecular complexity index is 1630. The first-order valence-electron chi connectivity index (χ1n) is 13.0. The maximum atomic E-state index is 14.3. The standard InChI is InChI=1S/C28H30FN5O4S/c1-38-21-16-19-4-2-10-30-27(19)25(17-21)34-15-14-33(18-26(34)39(35,36)37)20-8-12-32(13-9-20)24-7-6-23(29)22-5-3-11-31-28(22)24/h2-7,10-11,16-17,20,26H,8-9,12-15,18H2,1H3,(H,35,36,37). The van der Waals surface area contributed by atoms with Crippen LogP contribution in [0, 0.1) is 5.82 Å². The van der Waals surface area contributed by atoms with E-state index in [1.54, 1.807) is 48.7 Å². The molecule has 0 radical (unpaired) electrons. The minimum absolute atomic E-state index is 0.160. The van der Waals surface area contributed by atoms with Gasteiger partial charge < -0.3 is 14.5 Å². The molecule has 1 atom stereocenters. The Morgan fingerprint density at radius 3 is 2.44 bits per heavy atom. The molecule has 1 N–H and O–H groups in total. The molecule has 0 bridgehead atoms. The molecule has 2 saturated heterocycles. The molecule has 2 aliphatic heterocycles. The quantitative estimate of drug-likeness (QED) is 0.370. The molecular formula is C28H30FN5O4S. The number of methoxy groups -OCH3 is 1. The van der Waals surface area contributed by atoms with Gasteiger partial charge in [0, 0.05) is 68.0 Å². The third-order valence-electron chi connectivity index (χ3n) is 7.93. The van der Waals surface area contributed by atoms with Crippen LogP contribution in [-0.2, 0) is 10.1 Å². The average molecular weight is 552 g/mol. The minimum atomic E-state index is -4.40. The molecule has 4 aromatic rings. The summed E-state index contributed by atoms with van der Waals surface area (Å²) < 4.78 is 55.4. The van der Waals surface area contributed by atoms with Gasteiger partial charge in [-0.25, -0.2) is 4.39 Å². The number of rotatable bonds is 5. The molecule has 9 nitrogen and oxygen atoms in total. The molecule has 2 aliphatic rings. The van der Waals surface area contributed by atoms with Gasteiger partial charge in [0.15, 0.2) is 5.37 Å². The van der Waals surface area contributed by atoms with Crippen molar-refractivity contribution in [3.05, 3.63) is 66.7 Å². The van der Waals surface area contributed by atoms with E-state index in [4.69, 9.17) is 4.74 Å². The molecule has 0 saturated carbocycles. The molecule has 0 amide bonds. The highest BCUT2D eigenvalue weighted by Crippen LogP contribution is 2.35. The SMILES string of the molecule is COc1cc(N2CCN(C3CCN(c4ccc(F)c5cccnc45)CC3)CC2S(=O)(=O)O)c2ncccc2c1. The van der Waals surface area contributed by atoms with Crippen LogP contribution in [-0.4, -0.2) is 79.1 Å². The fourth-order valence-corrected chi connectivity index (χ4v) is 6.89. The van der Waals surface area contributed by atoms with Crippen LogP contribution in [0.1, 0.15) is 12.8 Å². The molecular weight excluding hydrogens is 521 g/mol. The van der Waals surface area contributed by atoms with E-state index in [9.17, 15) is 17.4 Å². The molecule has 6 rings (SSSR count). The number of pyridine rings is 2. The van der Waals surface area contributed by atoms with Gasteiger partial charge in [-0.15, -0.1) is 0 Å². The summed E-state index contributed by atoms with van der Waals surface area (Å²) >= 11 is 0. The van der Waals surface area contributed by atoms with Gasteiger partial charge in [0.05, 0.1) is 29.5 Å². The van der Waals surface area contributed by atoms with E-state index in [1.807, 2.05) is 18.2 Å². The number of piperidine rings is 1. The maximum Gasteiger partial charge on any atom is 0.287 e. The zero-order valence-corrected chi connectivity index (χ0v) is 22.4. The third kappa shape index (κ3) is 4.86. The Hall–Kier alpha value is -3.54. The highest BCUT2D eigenvalue weighted by atomic mass is 32.2. The Morgan fingerprint density at radius 1 is 0.949 bits per heavy atom. The molecule has 1 unspecified atom stereocenters. The van der Waals surface area contributed by atoms with E-state index in [-0.39, 0.29) is 18.4 Å². The first kappa shape index (κ1) is 25.7.